The fourth-order valence-electron chi connectivity index (χ4n) is 6.57. The third-order valence-electron chi connectivity index (χ3n) is 9.21. The van der Waals surface area contributed by atoms with E-state index < -0.39 is 74.4 Å². The van der Waals surface area contributed by atoms with Crippen LogP contribution >= 0.6 is 0 Å². The van der Waals surface area contributed by atoms with Gasteiger partial charge in [-0.3, -0.25) is 28.8 Å². The van der Waals surface area contributed by atoms with Crippen LogP contribution in [0.4, 0.5) is 23.1 Å². The molecular formula is C29H39N11O9S. The summed E-state index contributed by atoms with van der Waals surface area (Å²) in [5, 5.41) is 26.4. The fourth-order valence-corrected chi connectivity index (χ4v) is 8.52. The van der Waals surface area contributed by atoms with E-state index in [1.54, 1.807) is 24.8 Å². The summed E-state index contributed by atoms with van der Waals surface area (Å²) in [6.45, 7) is 3.79. The summed E-state index contributed by atoms with van der Waals surface area (Å²) in [7, 11) is -2.78. The number of rotatable bonds is 9. The van der Waals surface area contributed by atoms with Gasteiger partial charge in [0.25, 0.3) is 11.5 Å². The van der Waals surface area contributed by atoms with E-state index in [9.17, 15) is 33.0 Å². The fraction of sp³-hybridized carbons (Fsp3) is 0.552. The highest BCUT2D eigenvalue weighted by Gasteiger charge is 2.48. The van der Waals surface area contributed by atoms with Crippen molar-refractivity contribution in [2.45, 2.75) is 68.1 Å². The second kappa shape index (κ2) is 13.2. The minimum absolute atomic E-state index is 0.0293. The first-order valence-corrected chi connectivity index (χ1v) is 17.5. The van der Waals surface area contributed by atoms with Crippen LogP contribution in [-0.2, 0) is 28.9 Å². The van der Waals surface area contributed by atoms with Gasteiger partial charge < -0.3 is 41.8 Å². The largest absolute Gasteiger partial charge is 0.468 e. The van der Waals surface area contributed by atoms with Crippen LogP contribution in [0.5, 0.6) is 0 Å². The molecule has 3 aliphatic heterocycles. The molecule has 0 spiro atoms. The van der Waals surface area contributed by atoms with Gasteiger partial charge in [-0.1, -0.05) is 0 Å². The Kier molecular flexibility index (Phi) is 9.28. The molecule has 3 aromatic heterocycles. The van der Waals surface area contributed by atoms with Crippen molar-refractivity contribution in [2.24, 2.45) is 4.99 Å². The quantitative estimate of drug-likeness (QED) is 0.116. The van der Waals surface area contributed by atoms with Crippen molar-refractivity contribution in [1.29, 1.82) is 0 Å². The first-order chi connectivity index (χ1) is 23.6. The molecule has 0 bridgehead atoms. The second-order valence-electron chi connectivity index (χ2n) is 12.9. The third-order valence-corrected chi connectivity index (χ3v) is 11.4. The molecule has 0 saturated carbocycles. The number of fused-ring (bicyclic) bond motifs is 2. The molecule has 3 aliphatic rings. The van der Waals surface area contributed by atoms with Crippen molar-refractivity contribution < 1.29 is 37.7 Å². The predicted octanol–water partition coefficient (Wildman–Crippen LogP) is -2.19. The van der Waals surface area contributed by atoms with Gasteiger partial charge in [0.15, 0.2) is 33.2 Å². The molecule has 3 unspecified atom stereocenters. The third kappa shape index (κ3) is 6.49. The first-order valence-electron chi connectivity index (χ1n) is 15.8. The van der Waals surface area contributed by atoms with Crippen LogP contribution in [0.1, 0.15) is 32.9 Å². The standard InChI is InChI=1S/C29H39N11O9S/c1-29(2)21(35-18-22(38-29)36-28(31)37-24(18)43)25(44)33-7-9-39-8-5-13(10-15(39)27(45)48-3)50(46,47)11-16-19(41)20(42)26(49-16)40-12-34-17-14(30)4-6-32-23(17)40/h4,6,12-13,15-16,19-20,26,41-42H,5,7-11H2,1-3H3,(H2,30,32)(H,33,44)(H4,31,36,37,38,43)/t13?,15?,16-,19?,20+,26-/m1/s1. The molecule has 20 nitrogen and oxygen atoms in total. The van der Waals surface area contributed by atoms with Crippen molar-refractivity contribution in [2.75, 3.05) is 49.3 Å². The van der Waals surface area contributed by atoms with Gasteiger partial charge in [0.2, 0.25) is 5.95 Å². The number of nitrogens with zero attached hydrogens (tertiary/aromatic N) is 6. The van der Waals surface area contributed by atoms with Gasteiger partial charge >= 0.3 is 5.97 Å². The lowest BCUT2D eigenvalue weighted by Gasteiger charge is -2.38. The molecule has 3 aromatic rings. The number of carbonyl (C=O) groups excluding carboxylic acids is 2. The molecule has 2 saturated heterocycles. The summed E-state index contributed by atoms with van der Waals surface area (Å²) in [6, 6.07) is 0.613. The highest BCUT2D eigenvalue weighted by atomic mass is 32.2. The molecule has 6 rings (SSSR count). The maximum absolute atomic E-state index is 13.7. The SMILES string of the molecule is COC(=O)C1CC(S(=O)(=O)C[C@H]2O[C@@H](n3cnc4c(N)ccnc43)[C@@H](O)C2O)CCN1CCNC(=O)C1=Nc2c(nc(N)[nH]c2=O)NC1(C)C. The number of ether oxygens (including phenoxy) is 2. The zero-order valence-corrected chi connectivity index (χ0v) is 28.3. The number of methoxy groups -OCH3 is 1. The number of likely N-dealkylation sites (tertiary alicyclic amines) is 1. The summed E-state index contributed by atoms with van der Waals surface area (Å²) >= 11 is 0. The molecule has 2 fully saturated rings. The number of H-pyrrole nitrogens is 1. The number of anilines is 3. The minimum Gasteiger partial charge on any atom is -0.468 e. The molecule has 1 amide bonds. The Morgan fingerprint density at radius 1 is 1.22 bits per heavy atom. The Bertz CT molecular complexity index is 2010. The molecular weight excluding hydrogens is 678 g/mol. The maximum atomic E-state index is 13.7. The molecule has 50 heavy (non-hydrogen) atoms. The topological polar surface area (TPSA) is 295 Å². The van der Waals surface area contributed by atoms with Crippen molar-refractivity contribution in [3.63, 3.8) is 0 Å². The van der Waals surface area contributed by atoms with Crippen LogP contribution < -0.4 is 27.7 Å². The van der Waals surface area contributed by atoms with E-state index in [4.69, 9.17) is 20.9 Å². The number of piperidine rings is 1. The maximum Gasteiger partial charge on any atom is 0.323 e. The number of aliphatic hydroxyl groups is 2. The van der Waals surface area contributed by atoms with Gasteiger partial charge in [0.1, 0.15) is 35.6 Å². The molecule has 0 radical (unpaired) electrons. The minimum atomic E-state index is -3.98. The van der Waals surface area contributed by atoms with E-state index in [2.05, 4.69) is 35.6 Å². The van der Waals surface area contributed by atoms with Crippen LogP contribution in [0, 0.1) is 0 Å². The van der Waals surface area contributed by atoms with E-state index in [1.807, 2.05) is 0 Å². The smallest absolute Gasteiger partial charge is 0.323 e. The van der Waals surface area contributed by atoms with E-state index in [0.29, 0.717) is 16.9 Å². The first kappa shape index (κ1) is 35.1. The van der Waals surface area contributed by atoms with Crippen molar-refractivity contribution in [1.82, 2.24) is 34.7 Å². The lowest BCUT2D eigenvalue weighted by atomic mass is 9.95. The molecule has 9 N–H and O–H groups in total. The number of aromatic amines is 1. The number of aliphatic hydroxyl groups excluding tert-OH is 2. The van der Waals surface area contributed by atoms with Gasteiger partial charge in [-0.2, -0.15) is 4.98 Å². The van der Waals surface area contributed by atoms with Crippen LogP contribution in [0.25, 0.3) is 11.2 Å². The van der Waals surface area contributed by atoms with Gasteiger partial charge in [0.05, 0.1) is 35.7 Å². The number of carbonyl (C=O) groups is 2. The Hall–Kier alpha value is -4.70. The summed E-state index contributed by atoms with van der Waals surface area (Å²) in [4.78, 5) is 59.2. The van der Waals surface area contributed by atoms with Crippen LogP contribution in [0.3, 0.4) is 0 Å². The Balaban J connectivity index is 1.09. The lowest BCUT2D eigenvalue weighted by Crippen LogP contribution is -2.55. The summed E-state index contributed by atoms with van der Waals surface area (Å²) < 4.78 is 39.6. The summed E-state index contributed by atoms with van der Waals surface area (Å²) in [5.74, 6) is -1.77. The molecule has 6 atom stereocenters. The number of esters is 1. The zero-order chi connectivity index (χ0) is 36.1. The number of imidazole rings is 1. The number of pyridine rings is 1. The summed E-state index contributed by atoms with van der Waals surface area (Å²) in [5.41, 5.74) is 10.9. The summed E-state index contributed by atoms with van der Waals surface area (Å²) in [6.07, 6.45) is -2.63. The number of nitrogens with one attached hydrogen (secondary N) is 3. The molecule has 0 aromatic carbocycles. The molecule has 21 heteroatoms. The lowest BCUT2D eigenvalue weighted by molar-refractivity contribution is -0.148. The van der Waals surface area contributed by atoms with Crippen molar-refractivity contribution >= 4 is 61.7 Å². The van der Waals surface area contributed by atoms with E-state index in [1.165, 1.54) is 24.2 Å². The van der Waals surface area contributed by atoms with Gasteiger partial charge in [-0.25, -0.2) is 23.4 Å². The van der Waals surface area contributed by atoms with Gasteiger partial charge in [0, 0.05) is 25.8 Å². The van der Waals surface area contributed by atoms with E-state index in [0.717, 1.165) is 0 Å². The average molecular weight is 718 g/mol. The number of sulfone groups is 1. The number of hydrogen-bond donors (Lipinski definition) is 7. The molecule has 6 heterocycles. The molecule has 270 valence electrons. The van der Waals surface area contributed by atoms with Crippen LogP contribution in [0.15, 0.2) is 28.4 Å². The number of aromatic nitrogens is 5. The second-order valence-corrected chi connectivity index (χ2v) is 15.3. The van der Waals surface area contributed by atoms with Gasteiger partial charge in [-0.15, -0.1) is 0 Å². The molecule has 0 aliphatic carbocycles. The van der Waals surface area contributed by atoms with E-state index >= 15 is 0 Å². The van der Waals surface area contributed by atoms with Crippen LogP contribution in [-0.4, -0.2) is 133 Å². The predicted molar refractivity (Wildman–Crippen MR) is 179 cm³/mol. The van der Waals surface area contributed by atoms with Crippen molar-refractivity contribution in [3.05, 3.63) is 28.9 Å². The highest BCUT2D eigenvalue weighted by Crippen LogP contribution is 2.35. The average Bonchev–Trinajstić information content (AvgIpc) is 3.60. The van der Waals surface area contributed by atoms with Crippen LogP contribution in [0.2, 0.25) is 0 Å². The zero-order valence-electron chi connectivity index (χ0n) is 27.4. The number of amides is 1. The Morgan fingerprint density at radius 3 is 2.72 bits per heavy atom. The Labute approximate surface area is 285 Å². The normalized spacial score (nSPS) is 26.5. The number of hydrogen-bond acceptors (Lipinski definition) is 17. The number of nitrogens with two attached hydrogens (primary N) is 2. The highest BCUT2D eigenvalue weighted by molar-refractivity contribution is 7.92. The van der Waals surface area contributed by atoms with Gasteiger partial charge in [-0.05, 0) is 32.8 Å². The Morgan fingerprint density at radius 2 is 1.98 bits per heavy atom. The monoisotopic (exact) mass is 717 g/mol. The van der Waals surface area contributed by atoms with E-state index in [-0.39, 0.29) is 55.6 Å². The number of nitrogen functional groups attached to an aromatic ring is 2. The van der Waals surface area contributed by atoms with Crippen molar-refractivity contribution in [3.8, 4) is 0 Å². The number of aliphatic imine (C=N–C) groups is 1.